The van der Waals surface area contributed by atoms with E-state index in [4.69, 9.17) is 11.6 Å². The number of hydrogen-bond donors (Lipinski definition) is 1. The Labute approximate surface area is 174 Å². The number of nitrogens with zero attached hydrogens (tertiary/aromatic N) is 3. The molecule has 0 bridgehead atoms. The molecule has 7 heteroatoms. The molecule has 0 atom stereocenters. The predicted molar refractivity (Wildman–Crippen MR) is 116 cm³/mol. The molecule has 1 heterocycles. The molecule has 2 aromatic carbocycles. The SMILES string of the molecule is CCN(CCNC(=O)Cn1nc(-c2ccc(Cl)cc2)ccc1=O)c1ccccc1. The van der Waals surface area contributed by atoms with Crippen LogP contribution >= 0.6 is 11.6 Å². The zero-order valence-corrected chi connectivity index (χ0v) is 17.0. The van der Waals surface area contributed by atoms with Gasteiger partial charge in [-0.3, -0.25) is 9.59 Å². The molecule has 0 saturated heterocycles. The van der Waals surface area contributed by atoms with Gasteiger partial charge in [0, 0.05) is 42.0 Å². The van der Waals surface area contributed by atoms with Crippen molar-refractivity contribution in [1.29, 1.82) is 0 Å². The fourth-order valence-electron chi connectivity index (χ4n) is 2.97. The largest absolute Gasteiger partial charge is 0.370 e. The number of likely N-dealkylation sites (N-methyl/N-ethyl adjacent to an activating group) is 1. The van der Waals surface area contributed by atoms with Crippen LogP contribution in [-0.2, 0) is 11.3 Å². The van der Waals surface area contributed by atoms with E-state index in [0.29, 0.717) is 23.8 Å². The van der Waals surface area contributed by atoms with Gasteiger partial charge in [0.1, 0.15) is 6.54 Å². The van der Waals surface area contributed by atoms with Crippen LogP contribution < -0.4 is 15.8 Å². The van der Waals surface area contributed by atoms with Crippen LogP contribution in [0.2, 0.25) is 5.02 Å². The molecule has 6 nitrogen and oxygen atoms in total. The lowest BCUT2D eigenvalue weighted by molar-refractivity contribution is -0.121. The molecule has 0 aliphatic rings. The predicted octanol–water partition coefficient (Wildman–Crippen LogP) is 3.21. The van der Waals surface area contributed by atoms with Crippen LogP contribution in [0.5, 0.6) is 0 Å². The lowest BCUT2D eigenvalue weighted by atomic mass is 10.1. The Morgan fingerprint density at radius 1 is 1.07 bits per heavy atom. The minimum Gasteiger partial charge on any atom is -0.370 e. The maximum absolute atomic E-state index is 12.3. The zero-order valence-electron chi connectivity index (χ0n) is 16.2. The third kappa shape index (κ3) is 5.68. The van der Waals surface area contributed by atoms with Crippen molar-refractivity contribution in [2.75, 3.05) is 24.5 Å². The molecule has 0 aliphatic heterocycles. The molecule has 1 N–H and O–H groups in total. The molecule has 150 valence electrons. The topological polar surface area (TPSA) is 67.2 Å². The van der Waals surface area contributed by atoms with Gasteiger partial charge < -0.3 is 10.2 Å². The minimum absolute atomic E-state index is 0.127. The third-order valence-electron chi connectivity index (χ3n) is 4.51. The second kappa shape index (κ2) is 9.89. The van der Waals surface area contributed by atoms with Crippen molar-refractivity contribution in [3.8, 4) is 11.3 Å². The van der Waals surface area contributed by atoms with Crippen LogP contribution in [0.4, 0.5) is 5.69 Å². The number of rotatable bonds is 8. The number of hydrogen-bond acceptors (Lipinski definition) is 4. The number of benzene rings is 2. The number of carbonyl (C=O) groups excluding carboxylic acids is 1. The van der Waals surface area contributed by atoms with Gasteiger partial charge in [0.15, 0.2) is 0 Å². The highest BCUT2D eigenvalue weighted by Crippen LogP contribution is 2.18. The summed E-state index contributed by atoms with van der Waals surface area (Å²) in [6, 6.07) is 20.2. The first kappa shape index (κ1) is 20.6. The first-order valence-corrected chi connectivity index (χ1v) is 9.85. The molecule has 0 fully saturated rings. The highest BCUT2D eigenvalue weighted by Gasteiger charge is 2.09. The van der Waals surface area contributed by atoms with Crippen LogP contribution in [0.1, 0.15) is 6.92 Å². The number of anilines is 1. The number of nitrogens with one attached hydrogen (secondary N) is 1. The average Bonchev–Trinajstić information content (AvgIpc) is 2.74. The highest BCUT2D eigenvalue weighted by atomic mass is 35.5. The maximum Gasteiger partial charge on any atom is 0.267 e. The Bertz CT molecular complexity index is 1000. The molecule has 1 aromatic heterocycles. The standard InChI is InChI=1S/C22H23ClN4O2/c1-2-26(19-6-4-3-5-7-19)15-14-24-21(28)16-27-22(29)13-12-20(25-27)17-8-10-18(23)11-9-17/h3-13H,2,14-16H2,1H3,(H,24,28). The molecule has 0 radical (unpaired) electrons. The molecule has 0 spiro atoms. The molecular weight excluding hydrogens is 388 g/mol. The second-order valence-electron chi connectivity index (χ2n) is 6.49. The smallest absolute Gasteiger partial charge is 0.267 e. The van der Waals surface area contributed by atoms with E-state index >= 15 is 0 Å². The Kier molecular flexibility index (Phi) is 7.03. The normalized spacial score (nSPS) is 10.6. The van der Waals surface area contributed by atoms with Crippen molar-refractivity contribution in [3.63, 3.8) is 0 Å². The molecule has 3 aromatic rings. The molecular formula is C22H23ClN4O2. The van der Waals surface area contributed by atoms with Gasteiger partial charge in [0.05, 0.1) is 5.69 Å². The van der Waals surface area contributed by atoms with Crippen LogP contribution in [0, 0.1) is 0 Å². The quantitative estimate of drug-likeness (QED) is 0.619. The van der Waals surface area contributed by atoms with Crippen molar-refractivity contribution in [1.82, 2.24) is 15.1 Å². The average molecular weight is 411 g/mol. The van der Waals surface area contributed by atoms with Gasteiger partial charge in [-0.05, 0) is 37.3 Å². The summed E-state index contributed by atoms with van der Waals surface area (Å²) < 4.78 is 1.17. The van der Waals surface area contributed by atoms with Gasteiger partial charge in [-0.25, -0.2) is 4.68 Å². The molecule has 1 amide bonds. The fraction of sp³-hybridized carbons (Fsp3) is 0.227. The summed E-state index contributed by atoms with van der Waals surface area (Å²) in [7, 11) is 0. The molecule has 0 unspecified atom stereocenters. The Morgan fingerprint density at radius 3 is 2.48 bits per heavy atom. The van der Waals surface area contributed by atoms with Crippen LogP contribution in [0.3, 0.4) is 0 Å². The summed E-state index contributed by atoms with van der Waals surface area (Å²) >= 11 is 5.91. The van der Waals surface area contributed by atoms with Crippen molar-refractivity contribution in [3.05, 3.63) is 82.1 Å². The van der Waals surface area contributed by atoms with E-state index in [1.54, 1.807) is 18.2 Å². The summed E-state index contributed by atoms with van der Waals surface area (Å²) in [5.41, 5.74) is 2.22. The summed E-state index contributed by atoms with van der Waals surface area (Å²) in [5, 5.41) is 7.79. The number of para-hydroxylation sites is 1. The van der Waals surface area contributed by atoms with E-state index in [1.165, 1.54) is 10.7 Å². The second-order valence-corrected chi connectivity index (χ2v) is 6.92. The van der Waals surface area contributed by atoms with Crippen molar-refractivity contribution < 1.29 is 4.79 Å². The van der Waals surface area contributed by atoms with Crippen molar-refractivity contribution in [2.45, 2.75) is 13.5 Å². The monoisotopic (exact) mass is 410 g/mol. The molecule has 29 heavy (non-hydrogen) atoms. The highest BCUT2D eigenvalue weighted by molar-refractivity contribution is 6.30. The number of halogens is 1. The van der Waals surface area contributed by atoms with Crippen molar-refractivity contribution >= 4 is 23.2 Å². The lowest BCUT2D eigenvalue weighted by Crippen LogP contribution is -2.38. The molecule has 3 rings (SSSR count). The van der Waals surface area contributed by atoms with Gasteiger partial charge in [0.2, 0.25) is 5.91 Å². The van der Waals surface area contributed by atoms with Gasteiger partial charge in [-0.15, -0.1) is 0 Å². The van der Waals surface area contributed by atoms with E-state index in [1.807, 2.05) is 42.5 Å². The fourth-order valence-corrected chi connectivity index (χ4v) is 3.09. The summed E-state index contributed by atoms with van der Waals surface area (Å²) in [6.07, 6.45) is 0. The number of carbonyl (C=O) groups is 1. The van der Waals surface area contributed by atoms with Crippen LogP contribution in [0.25, 0.3) is 11.3 Å². The lowest BCUT2D eigenvalue weighted by Gasteiger charge is -2.23. The summed E-state index contributed by atoms with van der Waals surface area (Å²) in [4.78, 5) is 26.6. The minimum atomic E-state index is -0.322. The summed E-state index contributed by atoms with van der Waals surface area (Å²) in [6.45, 7) is 3.94. The van der Waals surface area contributed by atoms with Gasteiger partial charge in [0.25, 0.3) is 5.56 Å². The number of aromatic nitrogens is 2. The van der Waals surface area contributed by atoms with E-state index < -0.39 is 0 Å². The van der Waals surface area contributed by atoms with Gasteiger partial charge >= 0.3 is 0 Å². The maximum atomic E-state index is 12.3. The van der Waals surface area contributed by atoms with E-state index in [9.17, 15) is 9.59 Å². The van der Waals surface area contributed by atoms with Gasteiger partial charge in [-0.1, -0.05) is 41.9 Å². The van der Waals surface area contributed by atoms with Crippen molar-refractivity contribution in [2.24, 2.45) is 0 Å². The third-order valence-corrected chi connectivity index (χ3v) is 4.76. The van der Waals surface area contributed by atoms with E-state index in [0.717, 1.165) is 17.8 Å². The number of amides is 1. The molecule has 0 saturated carbocycles. The van der Waals surface area contributed by atoms with E-state index in [-0.39, 0.29) is 18.0 Å². The zero-order chi connectivity index (χ0) is 20.6. The summed E-state index contributed by atoms with van der Waals surface area (Å²) in [5.74, 6) is -0.253. The Morgan fingerprint density at radius 2 is 1.79 bits per heavy atom. The van der Waals surface area contributed by atoms with Crippen LogP contribution in [-0.4, -0.2) is 35.3 Å². The first-order chi connectivity index (χ1) is 14.1. The van der Waals surface area contributed by atoms with Crippen LogP contribution in [0.15, 0.2) is 71.5 Å². The van der Waals surface area contributed by atoms with E-state index in [2.05, 4.69) is 22.2 Å². The molecule has 0 aliphatic carbocycles. The van der Waals surface area contributed by atoms with Gasteiger partial charge in [-0.2, -0.15) is 5.10 Å². The Hall–Kier alpha value is -3.12. The Balaban J connectivity index is 1.59. The first-order valence-electron chi connectivity index (χ1n) is 9.47.